The molecule has 0 radical (unpaired) electrons. The predicted molar refractivity (Wildman–Crippen MR) is 95.3 cm³/mol. The van der Waals surface area contributed by atoms with E-state index in [-0.39, 0.29) is 5.79 Å². The summed E-state index contributed by atoms with van der Waals surface area (Å²) in [7, 11) is 0. The number of nitrogens with zero attached hydrogens (tertiary/aromatic N) is 4. The van der Waals surface area contributed by atoms with Crippen molar-refractivity contribution < 1.29 is 9.47 Å². The highest BCUT2D eigenvalue weighted by molar-refractivity contribution is 5.68. The molecule has 0 N–H and O–H groups in total. The third-order valence-corrected chi connectivity index (χ3v) is 5.46. The molecule has 2 saturated heterocycles. The van der Waals surface area contributed by atoms with Crippen LogP contribution in [0.3, 0.4) is 0 Å². The van der Waals surface area contributed by atoms with Gasteiger partial charge in [0.15, 0.2) is 5.79 Å². The first-order chi connectivity index (χ1) is 12.3. The van der Waals surface area contributed by atoms with E-state index < -0.39 is 0 Å². The Morgan fingerprint density at radius 1 is 0.920 bits per heavy atom. The number of hydrogen-bond acceptors (Lipinski definition) is 6. The van der Waals surface area contributed by atoms with Crippen molar-refractivity contribution in [1.29, 1.82) is 0 Å². The molecule has 2 fully saturated rings. The van der Waals surface area contributed by atoms with Crippen molar-refractivity contribution in [1.82, 2.24) is 9.97 Å². The standard InChI is InChI=1S/C19H22N4O2/c1-2-4-16-15(3-1)5-8-23(16)18-13-17(20-14-21-18)22-9-6-19(7-10-22)24-11-12-25-19/h1-4,13-14H,5-12H2. The van der Waals surface area contributed by atoms with Crippen molar-refractivity contribution in [2.45, 2.75) is 25.0 Å². The summed E-state index contributed by atoms with van der Waals surface area (Å²) < 4.78 is 11.6. The zero-order valence-corrected chi connectivity index (χ0v) is 14.2. The van der Waals surface area contributed by atoms with Crippen LogP contribution in [0.15, 0.2) is 36.7 Å². The Morgan fingerprint density at radius 2 is 1.68 bits per heavy atom. The highest BCUT2D eigenvalue weighted by atomic mass is 16.7. The molecule has 5 rings (SSSR count). The van der Waals surface area contributed by atoms with Gasteiger partial charge in [-0.25, -0.2) is 9.97 Å². The summed E-state index contributed by atoms with van der Waals surface area (Å²) in [6.45, 7) is 4.19. The maximum atomic E-state index is 5.82. The second kappa shape index (κ2) is 5.97. The zero-order chi connectivity index (χ0) is 16.7. The molecule has 6 nitrogen and oxygen atoms in total. The van der Waals surface area contributed by atoms with Crippen molar-refractivity contribution in [3.63, 3.8) is 0 Å². The van der Waals surface area contributed by atoms with Gasteiger partial charge in [-0.2, -0.15) is 0 Å². The van der Waals surface area contributed by atoms with E-state index >= 15 is 0 Å². The van der Waals surface area contributed by atoms with E-state index in [0.717, 1.165) is 50.5 Å². The van der Waals surface area contributed by atoms with Crippen LogP contribution >= 0.6 is 0 Å². The van der Waals surface area contributed by atoms with Gasteiger partial charge in [0.1, 0.15) is 18.0 Å². The van der Waals surface area contributed by atoms with Gasteiger partial charge in [-0.05, 0) is 18.1 Å². The molecule has 4 heterocycles. The Morgan fingerprint density at radius 3 is 2.52 bits per heavy atom. The molecule has 1 aromatic heterocycles. The van der Waals surface area contributed by atoms with E-state index in [1.807, 2.05) is 0 Å². The lowest BCUT2D eigenvalue weighted by atomic mass is 10.0. The number of benzene rings is 1. The molecule has 0 unspecified atom stereocenters. The highest BCUT2D eigenvalue weighted by Crippen LogP contribution is 2.36. The molecule has 2 aromatic rings. The molecule has 1 aromatic carbocycles. The minimum absolute atomic E-state index is 0.347. The monoisotopic (exact) mass is 338 g/mol. The number of para-hydroxylation sites is 1. The van der Waals surface area contributed by atoms with Gasteiger partial charge in [0.25, 0.3) is 0 Å². The average Bonchev–Trinajstić information content (AvgIpc) is 3.30. The number of anilines is 3. The lowest BCUT2D eigenvalue weighted by Crippen LogP contribution is -2.45. The first-order valence-electron chi connectivity index (χ1n) is 9.03. The molecule has 0 bridgehead atoms. The van der Waals surface area contributed by atoms with E-state index in [1.54, 1.807) is 6.33 Å². The van der Waals surface area contributed by atoms with Crippen LogP contribution in [0.1, 0.15) is 18.4 Å². The molecular formula is C19H22N4O2. The van der Waals surface area contributed by atoms with Gasteiger partial charge in [0, 0.05) is 44.2 Å². The van der Waals surface area contributed by atoms with Crippen LogP contribution < -0.4 is 9.80 Å². The number of aromatic nitrogens is 2. The van der Waals surface area contributed by atoms with Gasteiger partial charge in [0.05, 0.1) is 13.2 Å². The second-order valence-electron chi connectivity index (χ2n) is 6.86. The minimum atomic E-state index is -0.347. The van der Waals surface area contributed by atoms with E-state index in [4.69, 9.17) is 9.47 Å². The lowest BCUT2D eigenvalue weighted by molar-refractivity contribution is -0.169. The van der Waals surface area contributed by atoms with Crippen LogP contribution in [0.2, 0.25) is 0 Å². The molecular weight excluding hydrogens is 316 g/mol. The van der Waals surface area contributed by atoms with Gasteiger partial charge >= 0.3 is 0 Å². The molecule has 1 spiro atoms. The Labute approximate surface area is 147 Å². The zero-order valence-electron chi connectivity index (χ0n) is 14.2. The Hall–Kier alpha value is -2.18. The van der Waals surface area contributed by atoms with Crippen LogP contribution in [0, 0.1) is 0 Å². The van der Waals surface area contributed by atoms with Crippen molar-refractivity contribution in [3.8, 4) is 0 Å². The highest BCUT2D eigenvalue weighted by Gasteiger charge is 2.40. The summed E-state index contributed by atoms with van der Waals surface area (Å²) in [6.07, 6.45) is 4.52. The summed E-state index contributed by atoms with van der Waals surface area (Å²) in [6, 6.07) is 10.7. The summed E-state index contributed by atoms with van der Waals surface area (Å²) in [5.74, 6) is 1.62. The first-order valence-corrected chi connectivity index (χ1v) is 9.03. The molecule has 3 aliphatic heterocycles. The number of fused-ring (bicyclic) bond motifs is 1. The second-order valence-corrected chi connectivity index (χ2v) is 6.86. The third-order valence-electron chi connectivity index (χ3n) is 5.46. The molecule has 25 heavy (non-hydrogen) atoms. The van der Waals surface area contributed by atoms with E-state index in [0.29, 0.717) is 13.2 Å². The Bertz CT molecular complexity index is 766. The van der Waals surface area contributed by atoms with Gasteiger partial charge in [0.2, 0.25) is 0 Å². The van der Waals surface area contributed by atoms with Gasteiger partial charge in [-0.3, -0.25) is 0 Å². The number of rotatable bonds is 2. The van der Waals surface area contributed by atoms with Crippen molar-refractivity contribution in [2.24, 2.45) is 0 Å². The number of piperidine rings is 1. The van der Waals surface area contributed by atoms with E-state index in [2.05, 4.69) is 50.1 Å². The Balaban J connectivity index is 1.36. The lowest BCUT2D eigenvalue weighted by Gasteiger charge is -2.38. The van der Waals surface area contributed by atoms with E-state index in [1.165, 1.54) is 11.3 Å². The average molecular weight is 338 g/mol. The van der Waals surface area contributed by atoms with Gasteiger partial charge in [-0.1, -0.05) is 18.2 Å². The summed E-state index contributed by atoms with van der Waals surface area (Å²) in [4.78, 5) is 13.6. The molecule has 6 heteroatoms. The molecule has 0 saturated carbocycles. The van der Waals surface area contributed by atoms with E-state index in [9.17, 15) is 0 Å². The van der Waals surface area contributed by atoms with Gasteiger partial charge in [-0.15, -0.1) is 0 Å². The molecule has 130 valence electrons. The SMILES string of the molecule is c1ccc2c(c1)CCN2c1cc(N2CCC3(CC2)OCCO3)ncn1. The largest absolute Gasteiger partial charge is 0.356 e. The molecule has 0 atom stereocenters. The van der Waals surface area contributed by atoms with Crippen LogP contribution in [0.5, 0.6) is 0 Å². The van der Waals surface area contributed by atoms with Crippen LogP contribution in [-0.2, 0) is 15.9 Å². The van der Waals surface area contributed by atoms with Crippen LogP contribution in [-0.4, -0.2) is 48.6 Å². The summed E-state index contributed by atoms with van der Waals surface area (Å²) >= 11 is 0. The third kappa shape index (κ3) is 2.65. The predicted octanol–water partition coefficient (Wildman–Crippen LogP) is 2.51. The first kappa shape index (κ1) is 15.1. The van der Waals surface area contributed by atoms with Crippen molar-refractivity contribution >= 4 is 17.3 Å². The fraction of sp³-hybridized carbons (Fsp3) is 0.474. The smallest absolute Gasteiger partial charge is 0.171 e. The van der Waals surface area contributed by atoms with Crippen molar-refractivity contribution in [2.75, 3.05) is 42.6 Å². The van der Waals surface area contributed by atoms with Gasteiger partial charge < -0.3 is 19.3 Å². The summed E-state index contributed by atoms with van der Waals surface area (Å²) in [5, 5.41) is 0. The van der Waals surface area contributed by atoms with Crippen molar-refractivity contribution in [3.05, 3.63) is 42.2 Å². The topological polar surface area (TPSA) is 50.7 Å². The molecule has 3 aliphatic rings. The fourth-order valence-corrected chi connectivity index (χ4v) is 4.10. The van der Waals surface area contributed by atoms with Crippen LogP contribution in [0.4, 0.5) is 17.3 Å². The fourth-order valence-electron chi connectivity index (χ4n) is 4.10. The van der Waals surface area contributed by atoms with Crippen LogP contribution in [0.25, 0.3) is 0 Å². The molecule has 0 aliphatic carbocycles. The minimum Gasteiger partial charge on any atom is -0.356 e. The maximum Gasteiger partial charge on any atom is 0.171 e. The normalized spacial score (nSPS) is 21.8. The Kier molecular flexibility index (Phi) is 3.60. The quantitative estimate of drug-likeness (QED) is 0.839. The summed E-state index contributed by atoms with van der Waals surface area (Å²) in [5.41, 5.74) is 2.65. The maximum absolute atomic E-state index is 5.82. The number of hydrogen-bond donors (Lipinski definition) is 0. The number of ether oxygens (including phenoxy) is 2. The molecule has 0 amide bonds.